The average molecular weight is 915 g/mol. The summed E-state index contributed by atoms with van der Waals surface area (Å²) in [7, 11) is 0. The third kappa shape index (κ3) is 7.95. The van der Waals surface area contributed by atoms with Gasteiger partial charge in [-0.25, -0.2) is 0 Å². The van der Waals surface area contributed by atoms with Crippen molar-refractivity contribution < 1.29 is 0 Å². The Morgan fingerprint density at radius 2 is 0.704 bits per heavy atom. The molecule has 0 saturated carbocycles. The van der Waals surface area contributed by atoms with Gasteiger partial charge < -0.3 is 0 Å². The monoisotopic (exact) mass is 914 g/mol. The highest BCUT2D eigenvalue weighted by molar-refractivity contribution is 6.24. The molecule has 1 aliphatic carbocycles. The average Bonchev–Trinajstić information content (AvgIpc) is 3.70. The highest BCUT2D eigenvalue weighted by Crippen LogP contribution is 2.56. The number of benzene rings is 11. The van der Waals surface area contributed by atoms with E-state index in [1.54, 1.807) is 5.56 Å². The van der Waals surface area contributed by atoms with Gasteiger partial charge in [-0.2, -0.15) is 0 Å². The first-order valence-corrected chi connectivity index (χ1v) is 26.5. The summed E-state index contributed by atoms with van der Waals surface area (Å²) >= 11 is 0. The lowest BCUT2D eigenvalue weighted by molar-refractivity contribution is 0.401. The van der Waals surface area contributed by atoms with Crippen LogP contribution in [0.1, 0.15) is 89.2 Å². The Bertz CT molecular complexity index is 3650. The fourth-order valence-corrected chi connectivity index (χ4v) is 12.6. The lowest BCUT2D eigenvalue weighted by Crippen LogP contribution is -2.25. The second-order valence-corrected chi connectivity index (χ2v) is 20.2. The van der Waals surface area contributed by atoms with Crippen LogP contribution in [0.4, 0.5) is 0 Å². The van der Waals surface area contributed by atoms with Crippen LogP contribution >= 0.6 is 0 Å². The van der Waals surface area contributed by atoms with E-state index >= 15 is 0 Å². The quantitative estimate of drug-likeness (QED) is 0.0710. The predicted octanol–water partition coefficient (Wildman–Crippen LogP) is 20.8. The van der Waals surface area contributed by atoms with Gasteiger partial charge in [-0.05, 0) is 146 Å². The molecule has 0 aromatic heterocycles. The summed E-state index contributed by atoms with van der Waals surface area (Å²) in [6.45, 7) is 4.67. The van der Waals surface area contributed by atoms with Crippen LogP contribution in [-0.4, -0.2) is 0 Å². The van der Waals surface area contributed by atoms with E-state index in [-0.39, 0.29) is 5.41 Å². The molecule has 0 heterocycles. The van der Waals surface area contributed by atoms with Crippen LogP contribution in [0, 0.1) is 0 Å². The van der Waals surface area contributed by atoms with E-state index in [1.807, 2.05) is 0 Å². The first-order valence-electron chi connectivity index (χ1n) is 26.5. The van der Waals surface area contributed by atoms with Crippen LogP contribution < -0.4 is 0 Å². The SMILES string of the molecule is CCCCCCC1(CCCCCC)c2cc(-c3ccccc3)ccc2-c2ccc(-c3ccc(-c4c5ccccc5c(-c5ccc(-c6cccc7ccccc67)cc5)c5ccccc45)c4ccccc34)cc21. The molecule has 1 aliphatic rings. The maximum absolute atomic E-state index is 2.63. The van der Waals surface area contributed by atoms with Gasteiger partial charge in [0.25, 0.3) is 0 Å². The first kappa shape index (κ1) is 44.7. The highest BCUT2D eigenvalue weighted by Gasteiger charge is 2.42. The normalized spacial score (nSPS) is 12.8. The smallest absolute Gasteiger partial charge is 0.0215 e. The Morgan fingerprint density at radius 1 is 0.268 bits per heavy atom. The molecular formula is C71H62. The number of rotatable bonds is 15. The summed E-state index contributed by atoms with van der Waals surface area (Å²) in [6.07, 6.45) is 12.5. The molecule has 0 fully saturated rings. The van der Waals surface area contributed by atoms with Gasteiger partial charge in [-0.15, -0.1) is 0 Å². The molecule has 11 aromatic rings. The topological polar surface area (TPSA) is 0 Å². The minimum absolute atomic E-state index is 0.0292. The van der Waals surface area contributed by atoms with E-state index in [4.69, 9.17) is 0 Å². The van der Waals surface area contributed by atoms with Gasteiger partial charge in [0.1, 0.15) is 0 Å². The third-order valence-electron chi connectivity index (χ3n) is 16.1. The van der Waals surface area contributed by atoms with Crippen LogP contribution in [0.25, 0.3) is 110 Å². The Kier molecular flexibility index (Phi) is 12.2. The van der Waals surface area contributed by atoms with Crippen LogP contribution in [-0.2, 0) is 5.41 Å². The Balaban J connectivity index is 0.995. The van der Waals surface area contributed by atoms with Crippen molar-refractivity contribution in [3.63, 3.8) is 0 Å². The van der Waals surface area contributed by atoms with Crippen molar-refractivity contribution in [3.05, 3.63) is 230 Å². The standard InChI is InChI=1S/C71H62/c1-3-5-7-20-45-71(46-21-8-6-4-2)67-47-53(49-23-10-9-11-24-49)39-41-60(67)61-42-40-54(48-68(61)71)57-43-44-66(59-29-15-14-28-58(57)59)70-64-32-18-16-30-62(64)69(63-31-17-19-33-65(63)70)52-37-35-51(36-38-52)56-34-22-26-50-25-12-13-27-55(50)56/h9-19,22-44,47-48H,3-8,20-21,45-46H2,1-2H3. The van der Waals surface area contributed by atoms with Gasteiger partial charge in [-0.1, -0.05) is 271 Å². The maximum atomic E-state index is 2.63. The van der Waals surface area contributed by atoms with Crippen molar-refractivity contribution in [2.24, 2.45) is 0 Å². The Hall–Kier alpha value is -7.54. The fraction of sp³-hybridized carbons (Fsp3) is 0.183. The van der Waals surface area contributed by atoms with Crippen LogP contribution in [0.15, 0.2) is 218 Å². The second-order valence-electron chi connectivity index (χ2n) is 20.2. The van der Waals surface area contributed by atoms with E-state index in [2.05, 4.69) is 232 Å². The van der Waals surface area contributed by atoms with Gasteiger partial charge in [0.05, 0.1) is 0 Å². The minimum Gasteiger partial charge on any atom is -0.0654 e. The second kappa shape index (κ2) is 19.3. The van der Waals surface area contributed by atoms with Crippen LogP contribution in [0.3, 0.4) is 0 Å². The summed E-state index contributed by atoms with van der Waals surface area (Å²) in [6, 6.07) is 82.8. The largest absolute Gasteiger partial charge is 0.0654 e. The molecule has 12 rings (SSSR count). The summed E-state index contributed by atoms with van der Waals surface area (Å²) in [5, 5.41) is 10.2. The molecule has 0 bridgehead atoms. The molecule has 0 amide bonds. The Labute approximate surface area is 420 Å². The first-order chi connectivity index (χ1) is 35.1. The van der Waals surface area contributed by atoms with Gasteiger partial charge in [-0.3, -0.25) is 0 Å². The van der Waals surface area contributed by atoms with E-state index in [0.29, 0.717) is 0 Å². The molecule has 11 aromatic carbocycles. The molecule has 0 N–H and O–H groups in total. The van der Waals surface area contributed by atoms with Gasteiger partial charge in [0.15, 0.2) is 0 Å². The highest BCUT2D eigenvalue weighted by atomic mass is 14.5. The van der Waals surface area contributed by atoms with Crippen molar-refractivity contribution in [3.8, 4) is 66.8 Å². The molecule has 0 saturated heterocycles. The number of unbranched alkanes of at least 4 members (excludes halogenated alkanes) is 6. The summed E-state index contributed by atoms with van der Waals surface area (Å²) in [5.41, 5.74) is 18.7. The van der Waals surface area contributed by atoms with Crippen molar-refractivity contribution in [1.29, 1.82) is 0 Å². The summed E-state index contributed by atoms with van der Waals surface area (Å²) < 4.78 is 0. The molecule has 0 atom stereocenters. The molecule has 346 valence electrons. The minimum atomic E-state index is -0.0292. The fourth-order valence-electron chi connectivity index (χ4n) is 12.6. The van der Waals surface area contributed by atoms with Crippen molar-refractivity contribution >= 4 is 43.1 Å². The van der Waals surface area contributed by atoms with Gasteiger partial charge in [0.2, 0.25) is 0 Å². The lowest BCUT2D eigenvalue weighted by atomic mass is 9.70. The maximum Gasteiger partial charge on any atom is 0.0215 e. The predicted molar refractivity (Wildman–Crippen MR) is 307 cm³/mol. The van der Waals surface area contributed by atoms with Gasteiger partial charge >= 0.3 is 0 Å². The molecule has 0 nitrogen and oxygen atoms in total. The molecule has 0 unspecified atom stereocenters. The van der Waals surface area contributed by atoms with E-state index in [1.165, 1.54) is 180 Å². The van der Waals surface area contributed by atoms with Crippen molar-refractivity contribution in [2.75, 3.05) is 0 Å². The number of fused-ring (bicyclic) bond motifs is 7. The van der Waals surface area contributed by atoms with Crippen LogP contribution in [0.5, 0.6) is 0 Å². The van der Waals surface area contributed by atoms with E-state index < -0.39 is 0 Å². The number of hydrogen-bond acceptors (Lipinski definition) is 0. The van der Waals surface area contributed by atoms with Crippen molar-refractivity contribution in [1.82, 2.24) is 0 Å². The molecule has 0 aliphatic heterocycles. The molecule has 0 radical (unpaired) electrons. The van der Waals surface area contributed by atoms with Gasteiger partial charge in [0, 0.05) is 5.41 Å². The summed E-state index contributed by atoms with van der Waals surface area (Å²) in [4.78, 5) is 0. The van der Waals surface area contributed by atoms with E-state index in [0.717, 1.165) is 0 Å². The lowest BCUT2D eigenvalue weighted by Gasteiger charge is -2.33. The number of hydrogen-bond donors (Lipinski definition) is 0. The van der Waals surface area contributed by atoms with E-state index in [9.17, 15) is 0 Å². The Morgan fingerprint density at radius 3 is 1.32 bits per heavy atom. The zero-order chi connectivity index (χ0) is 47.7. The zero-order valence-corrected chi connectivity index (χ0v) is 41.4. The molecule has 71 heavy (non-hydrogen) atoms. The molecule has 0 spiro atoms. The third-order valence-corrected chi connectivity index (χ3v) is 16.1. The zero-order valence-electron chi connectivity index (χ0n) is 41.4. The van der Waals surface area contributed by atoms with Crippen molar-refractivity contribution in [2.45, 2.75) is 83.5 Å². The molecule has 0 heteroatoms. The molecular weight excluding hydrogens is 853 g/mol. The van der Waals surface area contributed by atoms with Crippen LogP contribution in [0.2, 0.25) is 0 Å². The summed E-state index contributed by atoms with van der Waals surface area (Å²) in [5.74, 6) is 0.